The Morgan fingerprint density at radius 2 is 1.75 bits per heavy atom. The SMILES string of the molecule is Cc1nnc(N(C)CC2=CC=C(B3OC(C)(C)C(C)(C)O3)CC2)o1. The number of aryl methyl sites for hydroxylation is 1. The van der Waals surface area contributed by atoms with Crippen LogP contribution in [0.2, 0.25) is 0 Å². The maximum atomic E-state index is 6.13. The molecule has 1 aromatic heterocycles. The van der Waals surface area contributed by atoms with Gasteiger partial charge in [-0.2, -0.15) is 0 Å². The van der Waals surface area contributed by atoms with Gasteiger partial charge in [-0.25, -0.2) is 0 Å². The van der Waals surface area contributed by atoms with Crippen molar-refractivity contribution in [1.29, 1.82) is 0 Å². The van der Waals surface area contributed by atoms with Gasteiger partial charge in [0.05, 0.1) is 11.2 Å². The number of likely N-dealkylation sites (N-methyl/N-ethyl adjacent to an activating group) is 1. The van der Waals surface area contributed by atoms with Crippen LogP contribution in [0.4, 0.5) is 6.01 Å². The molecule has 3 rings (SSSR count). The Kier molecular flexibility index (Phi) is 4.34. The summed E-state index contributed by atoms with van der Waals surface area (Å²) in [5, 5.41) is 7.92. The van der Waals surface area contributed by atoms with E-state index in [0.717, 1.165) is 19.4 Å². The zero-order valence-corrected chi connectivity index (χ0v) is 15.4. The van der Waals surface area contributed by atoms with E-state index in [2.05, 4.69) is 50.0 Å². The fourth-order valence-corrected chi connectivity index (χ4v) is 2.83. The fraction of sp³-hybridized carbons (Fsp3) is 0.647. The van der Waals surface area contributed by atoms with Gasteiger partial charge in [-0.1, -0.05) is 22.8 Å². The smallest absolute Gasteiger partial charge is 0.408 e. The summed E-state index contributed by atoms with van der Waals surface area (Å²) in [6.07, 6.45) is 6.21. The summed E-state index contributed by atoms with van der Waals surface area (Å²) in [5.74, 6) is 0.581. The summed E-state index contributed by atoms with van der Waals surface area (Å²) >= 11 is 0. The number of nitrogens with zero attached hydrogens (tertiary/aromatic N) is 3. The Hall–Kier alpha value is -1.60. The third-order valence-electron chi connectivity index (χ3n) is 5.11. The van der Waals surface area contributed by atoms with Crippen LogP contribution in [0.5, 0.6) is 0 Å². The van der Waals surface area contributed by atoms with Gasteiger partial charge in [0.1, 0.15) is 0 Å². The molecule has 0 atom stereocenters. The van der Waals surface area contributed by atoms with Crippen LogP contribution < -0.4 is 4.90 Å². The van der Waals surface area contributed by atoms with Gasteiger partial charge in [0.2, 0.25) is 5.89 Å². The summed E-state index contributed by atoms with van der Waals surface area (Å²) in [7, 11) is 1.71. The van der Waals surface area contributed by atoms with E-state index >= 15 is 0 Å². The van der Waals surface area contributed by atoms with Crippen molar-refractivity contribution in [1.82, 2.24) is 10.2 Å². The van der Waals surface area contributed by atoms with E-state index < -0.39 is 0 Å². The van der Waals surface area contributed by atoms with Gasteiger partial charge < -0.3 is 18.6 Å². The molecule has 1 aliphatic heterocycles. The van der Waals surface area contributed by atoms with Crippen LogP contribution in [-0.4, -0.2) is 42.1 Å². The molecule has 1 aromatic rings. The Bertz CT molecular complexity index is 662. The number of anilines is 1. The fourth-order valence-electron chi connectivity index (χ4n) is 2.83. The van der Waals surface area contributed by atoms with Crippen molar-refractivity contribution < 1.29 is 13.7 Å². The zero-order chi connectivity index (χ0) is 17.5. The van der Waals surface area contributed by atoms with Gasteiger partial charge in [-0.3, -0.25) is 0 Å². The maximum Gasteiger partial charge on any atom is 0.490 e. The highest BCUT2D eigenvalue weighted by molar-refractivity contribution is 6.54. The van der Waals surface area contributed by atoms with Gasteiger partial charge in [0, 0.05) is 20.5 Å². The number of aromatic nitrogens is 2. The Morgan fingerprint density at radius 1 is 1.08 bits per heavy atom. The lowest BCUT2D eigenvalue weighted by atomic mass is 9.73. The first kappa shape index (κ1) is 17.2. The van der Waals surface area contributed by atoms with E-state index in [1.807, 2.05) is 11.9 Å². The molecule has 1 saturated heterocycles. The van der Waals surface area contributed by atoms with Crippen LogP contribution in [0.15, 0.2) is 27.6 Å². The van der Waals surface area contributed by atoms with Crippen molar-refractivity contribution in [3.05, 3.63) is 29.1 Å². The molecule has 0 amide bonds. The molecule has 0 radical (unpaired) electrons. The lowest BCUT2D eigenvalue weighted by molar-refractivity contribution is 0.00578. The molecule has 2 heterocycles. The lowest BCUT2D eigenvalue weighted by Crippen LogP contribution is -2.41. The third kappa shape index (κ3) is 3.28. The minimum absolute atomic E-state index is 0.246. The molecule has 1 fully saturated rings. The average Bonchev–Trinajstić information content (AvgIpc) is 3.01. The summed E-state index contributed by atoms with van der Waals surface area (Å²) in [6.45, 7) is 10.9. The molecular weight excluding hydrogens is 305 g/mol. The summed E-state index contributed by atoms with van der Waals surface area (Å²) in [6, 6.07) is 0.550. The minimum Gasteiger partial charge on any atom is -0.408 e. The molecule has 7 heteroatoms. The zero-order valence-electron chi connectivity index (χ0n) is 15.4. The van der Waals surface area contributed by atoms with Gasteiger partial charge in [0.25, 0.3) is 0 Å². The second-order valence-electron chi connectivity index (χ2n) is 7.61. The number of hydrogen-bond acceptors (Lipinski definition) is 6. The number of rotatable bonds is 4. The van der Waals surface area contributed by atoms with Crippen molar-refractivity contribution in [3.8, 4) is 0 Å². The van der Waals surface area contributed by atoms with Crippen LogP contribution >= 0.6 is 0 Å². The molecule has 0 aromatic carbocycles. The topological polar surface area (TPSA) is 60.6 Å². The highest BCUT2D eigenvalue weighted by Gasteiger charge is 2.52. The van der Waals surface area contributed by atoms with Gasteiger partial charge in [0.15, 0.2) is 0 Å². The number of hydrogen-bond donors (Lipinski definition) is 0. The van der Waals surface area contributed by atoms with Crippen LogP contribution in [0.25, 0.3) is 0 Å². The van der Waals surface area contributed by atoms with Crippen molar-refractivity contribution >= 4 is 13.1 Å². The lowest BCUT2D eigenvalue weighted by Gasteiger charge is -2.32. The largest absolute Gasteiger partial charge is 0.490 e. The van der Waals surface area contributed by atoms with Crippen LogP contribution in [0.3, 0.4) is 0 Å². The summed E-state index contributed by atoms with van der Waals surface area (Å²) in [4.78, 5) is 1.97. The third-order valence-corrected chi connectivity index (χ3v) is 5.11. The van der Waals surface area contributed by atoms with Crippen molar-refractivity contribution in [2.24, 2.45) is 0 Å². The molecular formula is C17H26BN3O3. The molecule has 0 unspecified atom stereocenters. The summed E-state index contributed by atoms with van der Waals surface area (Å²) in [5.41, 5.74) is 1.94. The highest BCUT2D eigenvalue weighted by atomic mass is 16.7. The molecule has 130 valence electrons. The molecule has 2 aliphatic rings. The van der Waals surface area contributed by atoms with Crippen LogP contribution in [-0.2, 0) is 9.31 Å². The van der Waals surface area contributed by atoms with Gasteiger partial charge in [-0.15, -0.1) is 5.10 Å². The molecule has 6 nitrogen and oxygen atoms in total. The standard InChI is InChI=1S/C17H26BN3O3/c1-12-19-20-15(22-12)21(6)11-13-7-9-14(10-8-13)18-23-16(2,3)17(4,5)24-18/h7,9H,8,10-11H2,1-6H3. The Morgan fingerprint density at radius 3 is 2.25 bits per heavy atom. The summed E-state index contributed by atoms with van der Waals surface area (Å²) < 4.78 is 17.7. The minimum atomic E-state index is -0.293. The highest BCUT2D eigenvalue weighted by Crippen LogP contribution is 2.40. The monoisotopic (exact) mass is 331 g/mol. The predicted octanol–water partition coefficient (Wildman–Crippen LogP) is 3.09. The van der Waals surface area contributed by atoms with Crippen molar-refractivity contribution in [2.75, 3.05) is 18.5 Å². The van der Waals surface area contributed by atoms with E-state index in [1.165, 1.54) is 11.0 Å². The van der Waals surface area contributed by atoms with E-state index in [4.69, 9.17) is 13.7 Å². The molecule has 24 heavy (non-hydrogen) atoms. The second kappa shape index (κ2) is 6.04. The maximum absolute atomic E-state index is 6.13. The number of allylic oxidation sites excluding steroid dienone is 3. The van der Waals surface area contributed by atoms with Crippen molar-refractivity contribution in [3.63, 3.8) is 0 Å². The quantitative estimate of drug-likeness (QED) is 0.790. The first-order valence-electron chi connectivity index (χ1n) is 8.43. The predicted molar refractivity (Wildman–Crippen MR) is 93.8 cm³/mol. The molecule has 0 N–H and O–H groups in total. The molecule has 0 bridgehead atoms. The van der Waals surface area contributed by atoms with Crippen molar-refractivity contribution in [2.45, 2.75) is 58.7 Å². The first-order chi connectivity index (χ1) is 11.2. The van der Waals surface area contributed by atoms with Crippen LogP contribution in [0, 0.1) is 6.92 Å². The second-order valence-corrected chi connectivity index (χ2v) is 7.61. The Balaban J connectivity index is 1.65. The molecule has 0 spiro atoms. The first-order valence-corrected chi connectivity index (χ1v) is 8.43. The average molecular weight is 331 g/mol. The van der Waals surface area contributed by atoms with E-state index in [9.17, 15) is 0 Å². The van der Waals surface area contributed by atoms with Gasteiger partial charge in [-0.05, 0) is 46.0 Å². The van der Waals surface area contributed by atoms with E-state index in [0.29, 0.717) is 11.9 Å². The van der Waals surface area contributed by atoms with E-state index in [-0.39, 0.29) is 18.3 Å². The normalized spacial score (nSPS) is 22.3. The molecule has 1 aliphatic carbocycles. The van der Waals surface area contributed by atoms with Gasteiger partial charge >= 0.3 is 13.1 Å². The Labute approximate surface area is 144 Å². The van der Waals surface area contributed by atoms with Crippen LogP contribution in [0.1, 0.15) is 46.4 Å². The van der Waals surface area contributed by atoms with E-state index in [1.54, 1.807) is 6.92 Å². The molecule has 0 saturated carbocycles.